The maximum atomic E-state index is 5.80. The van der Waals surface area contributed by atoms with E-state index in [1.807, 2.05) is 19.1 Å². The number of nitrogens with one attached hydrogen (secondary N) is 2. The summed E-state index contributed by atoms with van der Waals surface area (Å²) >= 11 is 5.80. The summed E-state index contributed by atoms with van der Waals surface area (Å²) in [4.78, 5) is 8.43. The van der Waals surface area contributed by atoms with Crippen molar-refractivity contribution in [1.82, 2.24) is 9.97 Å². The molecule has 0 amide bonds. The molecule has 0 radical (unpaired) electrons. The zero-order chi connectivity index (χ0) is 12.3. The van der Waals surface area contributed by atoms with E-state index in [-0.39, 0.29) is 0 Å². The minimum atomic E-state index is 0.486. The van der Waals surface area contributed by atoms with Gasteiger partial charge in [0.1, 0.15) is 5.82 Å². The Morgan fingerprint density at radius 3 is 2.53 bits per heavy atom. The van der Waals surface area contributed by atoms with Gasteiger partial charge in [0, 0.05) is 22.5 Å². The highest BCUT2D eigenvalue weighted by Gasteiger charge is 2.01. The number of anilines is 3. The number of aryl methyl sites for hydroxylation is 1. The number of nitrogens with two attached hydrogens (primary N) is 1. The van der Waals surface area contributed by atoms with Gasteiger partial charge in [-0.3, -0.25) is 0 Å². The van der Waals surface area contributed by atoms with Gasteiger partial charge in [0.25, 0.3) is 0 Å². The quantitative estimate of drug-likeness (QED) is 0.576. The first-order chi connectivity index (χ1) is 8.17. The maximum absolute atomic E-state index is 5.80. The minimum absolute atomic E-state index is 0.486. The number of hydrogen-bond acceptors (Lipinski definition) is 5. The fourth-order valence-electron chi connectivity index (χ4n) is 1.36. The molecule has 0 saturated carbocycles. The zero-order valence-electron chi connectivity index (χ0n) is 9.24. The van der Waals surface area contributed by atoms with Crippen LogP contribution in [-0.4, -0.2) is 9.97 Å². The van der Waals surface area contributed by atoms with Crippen molar-refractivity contribution in [1.29, 1.82) is 0 Å². The van der Waals surface area contributed by atoms with Gasteiger partial charge in [0.2, 0.25) is 5.95 Å². The number of rotatable bonds is 3. The lowest BCUT2D eigenvalue weighted by atomic mass is 10.3. The Morgan fingerprint density at radius 1 is 1.18 bits per heavy atom. The zero-order valence-corrected chi connectivity index (χ0v) is 9.99. The molecule has 5 nitrogen and oxygen atoms in total. The monoisotopic (exact) mass is 249 g/mol. The highest BCUT2D eigenvalue weighted by Crippen LogP contribution is 2.17. The van der Waals surface area contributed by atoms with Crippen molar-refractivity contribution in [2.24, 2.45) is 5.84 Å². The lowest BCUT2D eigenvalue weighted by molar-refractivity contribution is 1.09. The van der Waals surface area contributed by atoms with Crippen LogP contribution in [0.15, 0.2) is 30.3 Å². The van der Waals surface area contributed by atoms with E-state index in [1.54, 1.807) is 18.2 Å². The molecule has 1 heterocycles. The molecule has 2 rings (SSSR count). The van der Waals surface area contributed by atoms with Crippen LogP contribution in [0.5, 0.6) is 0 Å². The number of nitrogen functional groups attached to an aromatic ring is 1. The van der Waals surface area contributed by atoms with Gasteiger partial charge in [-0.25, -0.2) is 10.8 Å². The van der Waals surface area contributed by atoms with Crippen molar-refractivity contribution in [2.75, 3.05) is 10.7 Å². The van der Waals surface area contributed by atoms with Crippen LogP contribution in [0.4, 0.5) is 17.5 Å². The summed E-state index contributed by atoms with van der Waals surface area (Å²) in [5.74, 6) is 6.37. The molecular formula is C11H12ClN5. The van der Waals surface area contributed by atoms with Crippen LogP contribution >= 0.6 is 11.6 Å². The summed E-state index contributed by atoms with van der Waals surface area (Å²) in [7, 11) is 0. The van der Waals surface area contributed by atoms with Gasteiger partial charge in [-0.15, -0.1) is 0 Å². The lowest BCUT2D eigenvalue weighted by Gasteiger charge is -2.07. The number of hydrogen-bond donors (Lipinski definition) is 3. The second-order valence-corrected chi connectivity index (χ2v) is 3.93. The predicted octanol–water partition coefficient (Wildman–Crippen LogP) is 2.47. The van der Waals surface area contributed by atoms with Gasteiger partial charge in [0.15, 0.2) is 0 Å². The smallest absolute Gasteiger partial charge is 0.229 e. The van der Waals surface area contributed by atoms with E-state index in [1.165, 1.54) is 0 Å². The summed E-state index contributed by atoms with van der Waals surface area (Å²) < 4.78 is 0. The van der Waals surface area contributed by atoms with Crippen LogP contribution in [0.25, 0.3) is 0 Å². The average Bonchev–Trinajstić information content (AvgIpc) is 2.31. The molecule has 0 aliphatic heterocycles. The Hall–Kier alpha value is -1.85. The molecule has 6 heteroatoms. The third-order valence-corrected chi connectivity index (χ3v) is 2.35. The third kappa shape index (κ3) is 3.05. The second kappa shape index (κ2) is 4.99. The Morgan fingerprint density at radius 2 is 1.88 bits per heavy atom. The first-order valence-electron chi connectivity index (χ1n) is 5.02. The predicted molar refractivity (Wildman–Crippen MR) is 69.3 cm³/mol. The van der Waals surface area contributed by atoms with E-state index in [0.29, 0.717) is 16.8 Å². The van der Waals surface area contributed by atoms with Crippen molar-refractivity contribution in [3.05, 3.63) is 41.0 Å². The van der Waals surface area contributed by atoms with Gasteiger partial charge < -0.3 is 10.7 Å². The van der Waals surface area contributed by atoms with Crippen LogP contribution in [-0.2, 0) is 0 Å². The fourth-order valence-corrected chi connectivity index (χ4v) is 1.49. The molecule has 0 fully saturated rings. The van der Waals surface area contributed by atoms with Crippen molar-refractivity contribution < 1.29 is 0 Å². The first kappa shape index (κ1) is 11.6. The Kier molecular flexibility index (Phi) is 3.41. The van der Waals surface area contributed by atoms with Crippen LogP contribution in [0, 0.1) is 6.92 Å². The molecule has 0 aliphatic carbocycles. The molecule has 2 aromatic rings. The number of hydrazine groups is 1. The summed E-state index contributed by atoms with van der Waals surface area (Å²) in [6.45, 7) is 1.87. The van der Waals surface area contributed by atoms with E-state index in [4.69, 9.17) is 17.4 Å². The largest absolute Gasteiger partial charge is 0.324 e. The summed E-state index contributed by atoms with van der Waals surface area (Å²) in [6.07, 6.45) is 0. The van der Waals surface area contributed by atoms with Crippen LogP contribution in [0.3, 0.4) is 0 Å². The van der Waals surface area contributed by atoms with Crippen molar-refractivity contribution in [2.45, 2.75) is 6.92 Å². The summed E-state index contributed by atoms with van der Waals surface area (Å²) in [6, 6.07) is 9.05. The van der Waals surface area contributed by atoms with Gasteiger partial charge >= 0.3 is 0 Å². The highest BCUT2D eigenvalue weighted by molar-refractivity contribution is 6.30. The molecule has 0 unspecified atom stereocenters. The molecule has 4 N–H and O–H groups in total. The summed E-state index contributed by atoms with van der Waals surface area (Å²) in [5.41, 5.74) is 4.18. The molecule has 0 aliphatic rings. The van der Waals surface area contributed by atoms with Crippen molar-refractivity contribution >= 4 is 29.1 Å². The van der Waals surface area contributed by atoms with E-state index < -0.39 is 0 Å². The third-order valence-electron chi connectivity index (χ3n) is 2.10. The van der Waals surface area contributed by atoms with Crippen molar-refractivity contribution in [3.8, 4) is 0 Å². The first-order valence-corrected chi connectivity index (χ1v) is 5.40. The van der Waals surface area contributed by atoms with Crippen LogP contribution < -0.4 is 16.6 Å². The SMILES string of the molecule is Cc1cc(NN)nc(Nc2ccc(Cl)cc2)n1. The standard InChI is InChI=1S/C11H12ClN5/c1-7-6-10(17-13)16-11(14-7)15-9-4-2-8(12)3-5-9/h2-6H,13H2,1H3,(H2,14,15,16,17). The second-order valence-electron chi connectivity index (χ2n) is 3.49. The molecular weight excluding hydrogens is 238 g/mol. The van der Waals surface area contributed by atoms with Crippen LogP contribution in [0.2, 0.25) is 5.02 Å². The van der Waals surface area contributed by atoms with Crippen molar-refractivity contribution in [3.63, 3.8) is 0 Å². The molecule has 0 atom stereocenters. The molecule has 0 bridgehead atoms. The normalized spacial score (nSPS) is 10.1. The van der Waals surface area contributed by atoms with Gasteiger partial charge in [-0.05, 0) is 31.2 Å². The van der Waals surface area contributed by atoms with E-state index >= 15 is 0 Å². The van der Waals surface area contributed by atoms with Crippen LogP contribution in [0.1, 0.15) is 5.69 Å². The molecule has 1 aromatic carbocycles. The molecule has 0 spiro atoms. The highest BCUT2D eigenvalue weighted by atomic mass is 35.5. The Labute approximate surface area is 104 Å². The van der Waals surface area contributed by atoms with E-state index in [0.717, 1.165) is 11.4 Å². The van der Waals surface area contributed by atoms with E-state index in [2.05, 4.69) is 20.7 Å². The maximum Gasteiger partial charge on any atom is 0.229 e. The Balaban J connectivity index is 2.23. The molecule has 17 heavy (non-hydrogen) atoms. The van der Waals surface area contributed by atoms with E-state index in [9.17, 15) is 0 Å². The number of nitrogens with zero attached hydrogens (tertiary/aromatic N) is 2. The lowest BCUT2D eigenvalue weighted by Crippen LogP contribution is -2.10. The molecule has 0 saturated heterocycles. The average molecular weight is 250 g/mol. The number of aromatic nitrogens is 2. The topological polar surface area (TPSA) is 75.9 Å². The molecule has 88 valence electrons. The number of benzene rings is 1. The fraction of sp³-hybridized carbons (Fsp3) is 0.0909. The minimum Gasteiger partial charge on any atom is -0.324 e. The molecule has 1 aromatic heterocycles. The van der Waals surface area contributed by atoms with Gasteiger partial charge in [-0.1, -0.05) is 11.6 Å². The van der Waals surface area contributed by atoms with Gasteiger partial charge in [-0.2, -0.15) is 4.98 Å². The Bertz CT molecular complexity index is 512. The number of halogens is 1. The van der Waals surface area contributed by atoms with Gasteiger partial charge in [0.05, 0.1) is 0 Å². The summed E-state index contributed by atoms with van der Waals surface area (Å²) in [5, 5.41) is 3.76.